The summed E-state index contributed by atoms with van der Waals surface area (Å²) in [5.74, 6) is -0.413. The number of carboxylic acids is 1. The highest BCUT2D eigenvalue weighted by molar-refractivity contribution is 5.67. The van der Waals surface area contributed by atoms with Crippen LogP contribution in [-0.4, -0.2) is 22.3 Å². The van der Waals surface area contributed by atoms with Crippen molar-refractivity contribution in [3.8, 4) is 0 Å². The zero-order valence-electron chi connectivity index (χ0n) is 7.10. The Morgan fingerprint density at radius 3 is 2.75 bits per heavy atom. The molecule has 68 valence electrons. The predicted molar refractivity (Wildman–Crippen MR) is 44.7 cm³/mol. The van der Waals surface area contributed by atoms with Crippen molar-refractivity contribution in [3.63, 3.8) is 0 Å². The quantitative estimate of drug-likeness (QED) is 0.622. The van der Waals surface area contributed by atoms with Gasteiger partial charge in [-0.2, -0.15) is 0 Å². The number of hydrogen-bond donors (Lipinski definition) is 2. The first-order valence-corrected chi connectivity index (χ1v) is 4.17. The molecular weight excluding hydrogens is 156 g/mol. The number of carbonyl (C=O) groups is 1. The van der Waals surface area contributed by atoms with Crippen LogP contribution in [0.4, 0.5) is 0 Å². The highest BCUT2D eigenvalue weighted by Gasteiger charge is 2.23. The first kappa shape index (κ1) is 9.26. The first-order chi connectivity index (χ1) is 5.59. The molecule has 0 aromatic carbocycles. The average molecular weight is 170 g/mol. The molecule has 3 nitrogen and oxygen atoms in total. The molecule has 1 rings (SSSR count). The first-order valence-electron chi connectivity index (χ1n) is 4.17. The van der Waals surface area contributed by atoms with Gasteiger partial charge >= 0.3 is 5.97 Å². The Labute approximate surface area is 71.7 Å². The van der Waals surface area contributed by atoms with E-state index in [1.54, 1.807) is 6.08 Å². The van der Waals surface area contributed by atoms with Gasteiger partial charge in [-0.1, -0.05) is 19.1 Å². The summed E-state index contributed by atoms with van der Waals surface area (Å²) in [5, 5.41) is 17.7. The zero-order chi connectivity index (χ0) is 9.14. The second-order valence-corrected chi connectivity index (χ2v) is 3.43. The Morgan fingerprint density at radius 1 is 1.67 bits per heavy atom. The maximum absolute atomic E-state index is 10.4. The molecule has 0 saturated carbocycles. The summed E-state index contributed by atoms with van der Waals surface area (Å²) in [7, 11) is 0. The van der Waals surface area contributed by atoms with Gasteiger partial charge in [-0.3, -0.25) is 4.79 Å². The lowest BCUT2D eigenvalue weighted by Gasteiger charge is -2.15. The monoisotopic (exact) mass is 170 g/mol. The molecule has 0 saturated heterocycles. The molecule has 0 heterocycles. The summed E-state index contributed by atoms with van der Waals surface area (Å²) in [6.07, 6.45) is 4.14. The molecule has 0 aromatic rings. The maximum atomic E-state index is 10.4. The van der Waals surface area contributed by atoms with Crippen LogP contribution in [0.1, 0.15) is 19.8 Å². The molecule has 2 N–H and O–H groups in total. The number of carboxylic acid groups (broad SMARTS) is 1. The third kappa shape index (κ3) is 2.34. The number of rotatable bonds is 3. The van der Waals surface area contributed by atoms with E-state index in [1.165, 1.54) is 0 Å². The minimum Gasteiger partial charge on any atom is -0.481 e. The number of aliphatic hydroxyl groups excluding tert-OH is 1. The molecule has 2 unspecified atom stereocenters. The van der Waals surface area contributed by atoms with Gasteiger partial charge in [0.1, 0.15) is 0 Å². The van der Waals surface area contributed by atoms with Crippen LogP contribution in [0.3, 0.4) is 0 Å². The van der Waals surface area contributed by atoms with E-state index >= 15 is 0 Å². The van der Waals surface area contributed by atoms with E-state index in [2.05, 4.69) is 0 Å². The second-order valence-electron chi connectivity index (χ2n) is 3.43. The molecule has 12 heavy (non-hydrogen) atoms. The molecule has 0 bridgehead atoms. The smallest absolute Gasteiger partial charge is 0.303 e. The lowest BCUT2D eigenvalue weighted by Crippen LogP contribution is -2.14. The van der Waals surface area contributed by atoms with Gasteiger partial charge < -0.3 is 10.2 Å². The van der Waals surface area contributed by atoms with Gasteiger partial charge in [0.05, 0.1) is 6.10 Å². The van der Waals surface area contributed by atoms with Crippen LogP contribution in [0.5, 0.6) is 0 Å². The molecule has 3 atom stereocenters. The minimum absolute atomic E-state index is 0.121. The number of aliphatic carboxylic acids is 1. The molecular formula is C9H14O3. The van der Waals surface area contributed by atoms with Crippen molar-refractivity contribution in [2.24, 2.45) is 11.8 Å². The van der Waals surface area contributed by atoms with Crippen molar-refractivity contribution in [2.45, 2.75) is 25.9 Å². The number of hydrogen-bond acceptors (Lipinski definition) is 2. The molecule has 0 aliphatic heterocycles. The highest BCUT2D eigenvalue weighted by atomic mass is 16.4. The summed E-state index contributed by atoms with van der Waals surface area (Å²) in [5.41, 5.74) is 0. The fourth-order valence-electron chi connectivity index (χ4n) is 1.56. The van der Waals surface area contributed by atoms with Crippen molar-refractivity contribution in [1.29, 1.82) is 0 Å². The van der Waals surface area contributed by atoms with Gasteiger partial charge in [-0.25, -0.2) is 0 Å². The van der Waals surface area contributed by atoms with E-state index in [0.717, 1.165) is 0 Å². The Bertz CT molecular complexity index is 198. The SMILES string of the molecule is C[C@H](CC(=O)O)C1C=CC(O)C1. The molecule has 1 aliphatic carbocycles. The Hall–Kier alpha value is -0.830. The van der Waals surface area contributed by atoms with Crippen LogP contribution in [0.2, 0.25) is 0 Å². The van der Waals surface area contributed by atoms with Gasteiger partial charge in [0.15, 0.2) is 0 Å². The molecule has 1 aliphatic rings. The standard InChI is InChI=1S/C9H14O3/c1-6(4-9(11)12)7-2-3-8(10)5-7/h2-3,6-8,10H,4-5H2,1H3,(H,11,12)/t6-,7?,8?/m1/s1. The third-order valence-electron chi connectivity index (χ3n) is 2.32. The van der Waals surface area contributed by atoms with Crippen LogP contribution in [-0.2, 0) is 4.79 Å². The number of allylic oxidation sites excluding steroid dienone is 1. The molecule has 0 spiro atoms. The predicted octanol–water partition coefficient (Wildman–Crippen LogP) is 1.03. The van der Waals surface area contributed by atoms with E-state index < -0.39 is 5.97 Å². The summed E-state index contributed by atoms with van der Waals surface area (Å²) >= 11 is 0. The van der Waals surface area contributed by atoms with Crippen molar-refractivity contribution in [1.82, 2.24) is 0 Å². The van der Waals surface area contributed by atoms with Gasteiger partial charge in [0.2, 0.25) is 0 Å². The molecule has 0 fully saturated rings. The maximum Gasteiger partial charge on any atom is 0.303 e. The van der Waals surface area contributed by atoms with Gasteiger partial charge in [-0.15, -0.1) is 0 Å². The van der Waals surface area contributed by atoms with E-state index in [1.807, 2.05) is 13.0 Å². The Balaban J connectivity index is 2.39. The summed E-state index contributed by atoms with van der Waals surface area (Å²) in [4.78, 5) is 10.4. The zero-order valence-corrected chi connectivity index (χ0v) is 7.10. The van der Waals surface area contributed by atoms with Gasteiger partial charge in [0.25, 0.3) is 0 Å². The lowest BCUT2D eigenvalue weighted by atomic mass is 9.90. The summed E-state index contributed by atoms with van der Waals surface area (Å²) in [6, 6.07) is 0. The van der Waals surface area contributed by atoms with Crippen LogP contribution in [0.15, 0.2) is 12.2 Å². The second kappa shape index (κ2) is 3.72. The Kier molecular flexibility index (Phi) is 2.87. The molecule has 0 aromatic heterocycles. The van der Waals surface area contributed by atoms with E-state index in [0.29, 0.717) is 6.42 Å². The Morgan fingerprint density at radius 2 is 2.33 bits per heavy atom. The van der Waals surface area contributed by atoms with Crippen LogP contribution >= 0.6 is 0 Å². The molecule has 0 radical (unpaired) electrons. The lowest BCUT2D eigenvalue weighted by molar-refractivity contribution is -0.138. The molecule has 0 amide bonds. The van der Waals surface area contributed by atoms with Gasteiger partial charge in [0, 0.05) is 6.42 Å². The van der Waals surface area contributed by atoms with Crippen molar-refractivity contribution in [3.05, 3.63) is 12.2 Å². The normalized spacial score (nSPS) is 30.5. The summed E-state index contributed by atoms with van der Waals surface area (Å²) in [6.45, 7) is 1.90. The van der Waals surface area contributed by atoms with Crippen molar-refractivity contribution < 1.29 is 15.0 Å². The van der Waals surface area contributed by atoms with Crippen molar-refractivity contribution >= 4 is 5.97 Å². The largest absolute Gasteiger partial charge is 0.481 e. The average Bonchev–Trinajstić information content (AvgIpc) is 2.34. The molecule has 3 heteroatoms. The fraction of sp³-hybridized carbons (Fsp3) is 0.667. The van der Waals surface area contributed by atoms with Crippen LogP contribution in [0, 0.1) is 11.8 Å². The van der Waals surface area contributed by atoms with Crippen LogP contribution < -0.4 is 0 Å². The summed E-state index contributed by atoms with van der Waals surface area (Å²) < 4.78 is 0. The number of aliphatic hydroxyl groups is 1. The third-order valence-corrected chi connectivity index (χ3v) is 2.32. The van der Waals surface area contributed by atoms with Crippen molar-refractivity contribution in [2.75, 3.05) is 0 Å². The van der Waals surface area contributed by atoms with E-state index in [-0.39, 0.29) is 24.4 Å². The highest BCUT2D eigenvalue weighted by Crippen LogP contribution is 2.27. The minimum atomic E-state index is -0.766. The van der Waals surface area contributed by atoms with Crippen LogP contribution in [0.25, 0.3) is 0 Å². The van der Waals surface area contributed by atoms with Gasteiger partial charge in [-0.05, 0) is 18.3 Å². The fourth-order valence-corrected chi connectivity index (χ4v) is 1.56. The van der Waals surface area contributed by atoms with E-state index in [9.17, 15) is 4.79 Å². The topological polar surface area (TPSA) is 57.5 Å². The van der Waals surface area contributed by atoms with E-state index in [4.69, 9.17) is 10.2 Å².